The molecule has 1 heterocycles. The highest BCUT2D eigenvalue weighted by Gasteiger charge is 2.26. The van der Waals surface area contributed by atoms with Crippen molar-refractivity contribution >= 4 is 28.9 Å². The van der Waals surface area contributed by atoms with E-state index in [-0.39, 0.29) is 18.8 Å². The molecule has 0 spiro atoms. The lowest BCUT2D eigenvalue weighted by Crippen LogP contribution is -2.39. The van der Waals surface area contributed by atoms with E-state index in [0.717, 1.165) is 16.8 Å². The average molecular weight is 451 g/mol. The van der Waals surface area contributed by atoms with Crippen molar-refractivity contribution < 1.29 is 14.7 Å². The minimum atomic E-state index is -0.600. The van der Waals surface area contributed by atoms with Gasteiger partial charge in [-0.2, -0.15) is 0 Å². The molecule has 5 nitrogen and oxygen atoms in total. The Morgan fingerprint density at radius 1 is 1.20 bits per heavy atom. The highest BCUT2D eigenvalue weighted by molar-refractivity contribution is 6.34. The van der Waals surface area contributed by atoms with Gasteiger partial charge in [-0.15, -0.1) is 0 Å². The lowest BCUT2D eigenvalue weighted by Gasteiger charge is -2.27. The number of aliphatic hydroxyl groups is 1. The Labute approximate surface area is 188 Å². The fraction of sp³-hybridized carbons (Fsp3) is 0.435. The molecule has 1 aliphatic heterocycles. The van der Waals surface area contributed by atoms with Crippen LogP contribution in [0.4, 0.5) is 0 Å². The van der Waals surface area contributed by atoms with E-state index in [2.05, 4.69) is 10.1 Å². The van der Waals surface area contributed by atoms with E-state index in [9.17, 15) is 5.11 Å². The summed E-state index contributed by atoms with van der Waals surface area (Å²) in [6.45, 7) is 5.91. The number of hydrogen-bond donors (Lipinski definition) is 1. The molecular formula is C23H28Cl2N2O3. The Bertz CT molecular complexity index is 860. The number of oxime groups is 1. The number of ether oxygens (including phenoxy) is 1. The molecular weight excluding hydrogens is 423 g/mol. The van der Waals surface area contributed by atoms with E-state index in [1.54, 1.807) is 0 Å². The summed E-state index contributed by atoms with van der Waals surface area (Å²) in [5.74, 6) is 0. The smallest absolute Gasteiger partial charge is 0.145 e. The van der Waals surface area contributed by atoms with Gasteiger partial charge in [0, 0.05) is 41.7 Å². The van der Waals surface area contributed by atoms with Crippen LogP contribution in [0.1, 0.15) is 31.4 Å². The van der Waals surface area contributed by atoms with Crippen LogP contribution in [-0.2, 0) is 16.1 Å². The third-order valence-electron chi connectivity index (χ3n) is 4.77. The Morgan fingerprint density at radius 3 is 2.73 bits per heavy atom. The van der Waals surface area contributed by atoms with Crippen LogP contribution in [0, 0.1) is 0 Å². The fourth-order valence-electron chi connectivity index (χ4n) is 3.42. The predicted molar refractivity (Wildman–Crippen MR) is 121 cm³/mol. The molecule has 0 saturated carbocycles. The van der Waals surface area contributed by atoms with Gasteiger partial charge in [-0.05, 0) is 37.6 Å². The van der Waals surface area contributed by atoms with Gasteiger partial charge in [-0.1, -0.05) is 58.7 Å². The number of aliphatic hydroxyl groups excluding tert-OH is 1. The largest absolute Gasteiger partial charge is 0.390 e. The van der Waals surface area contributed by atoms with Gasteiger partial charge in [-0.25, -0.2) is 0 Å². The minimum Gasteiger partial charge on any atom is -0.390 e. The molecule has 0 aliphatic carbocycles. The van der Waals surface area contributed by atoms with Crippen molar-refractivity contribution in [3.8, 4) is 0 Å². The van der Waals surface area contributed by atoms with Gasteiger partial charge in [-0.3, -0.25) is 4.90 Å². The third kappa shape index (κ3) is 6.96. The normalized spacial score (nSPS) is 17.3. The summed E-state index contributed by atoms with van der Waals surface area (Å²) in [7, 11) is 0. The number of halogens is 2. The second kappa shape index (κ2) is 11.1. The standard InChI is InChI=1S/C23H28Cl2N2O3/c1-16(2)29-15-19(28)13-27(12-17-6-5-7-18(24)10-17)14-20-11-23(26-30-20)21-8-3-4-9-22(21)25/h3-10,16,19-20,28H,11-15H2,1-2H3/t19-,20-/m1/s1. The molecule has 0 radical (unpaired) electrons. The van der Waals surface area contributed by atoms with Crippen LogP contribution in [0.5, 0.6) is 0 Å². The van der Waals surface area contributed by atoms with Crippen LogP contribution in [-0.4, -0.2) is 53.7 Å². The maximum Gasteiger partial charge on any atom is 0.145 e. The van der Waals surface area contributed by atoms with Gasteiger partial charge in [0.05, 0.1) is 24.5 Å². The predicted octanol–water partition coefficient (Wildman–Crippen LogP) is 4.77. The SMILES string of the molecule is CC(C)OC[C@H](O)CN(Cc1cccc(Cl)c1)C[C@H]1CC(c2ccccc2Cl)=NO1. The van der Waals surface area contributed by atoms with E-state index in [4.69, 9.17) is 32.8 Å². The zero-order valence-corrected chi connectivity index (χ0v) is 18.8. The average Bonchev–Trinajstić information content (AvgIpc) is 3.15. The van der Waals surface area contributed by atoms with Gasteiger partial charge >= 0.3 is 0 Å². The Kier molecular flexibility index (Phi) is 8.54. The second-order valence-electron chi connectivity index (χ2n) is 7.81. The van der Waals surface area contributed by atoms with Crippen molar-refractivity contribution in [3.63, 3.8) is 0 Å². The number of hydrogen-bond acceptors (Lipinski definition) is 5. The fourth-order valence-corrected chi connectivity index (χ4v) is 3.88. The van der Waals surface area contributed by atoms with E-state index in [1.165, 1.54) is 0 Å². The highest BCUT2D eigenvalue weighted by Crippen LogP contribution is 2.24. The van der Waals surface area contributed by atoms with Crippen LogP contribution < -0.4 is 0 Å². The van der Waals surface area contributed by atoms with Crippen molar-refractivity contribution in [2.45, 2.75) is 45.1 Å². The van der Waals surface area contributed by atoms with Gasteiger partial charge in [0.25, 0.3) is 0 Å². The Balaban J connectivity index is 1.64. The zero-order valence-electron chi connectivity index (χ0n) is 17.3. The van der Waals surface area contributed by atoms with Crippen molar-refractivity contribution in [1.82, 2.24) is 4.90 Å². The van der Waals surface area contributed by atoms with E-state index < -0.39 is 6.10 Å². The van der Waals surface area contributed by atoms with E-state index in [1.807, 2.05) is 62.4 Å². The molecule has 0 unspecified atom stereocenters. The van der Waals surface area contributed by atoms with Gasteiger partial charge in [0.1, 0.15) is 6.10 Å². The molecule has 1 aliphatic rings. The van der Waals surface area contributed by atoms with Crippen molar-refractivity contribution in [2.24, 2.45) is 5.16 Å². The van der Waals surface area contributed by atoms with Crippen molar-refractivity contribution in [3.05, 3.63) is 69.7 Å². The summed E-state index contributed by atoms with van der Waals surface area (Å²) >= 11 is 12.4. The van der Waals surface area contributed by atoms with Crippen LogP contribution >= 0.6 is 23.2 Å². The minimum absolute atomic E-state index is 0.0748. The summed E-state index contributed by atoms with van der Waals surface area (Å²) in [5.41, 5.74) is 2.81. The quantitative estimate of drug-likeness (QED) is 0.565. The molecule has 2 aromatic rings. The molecule has 0 bridgehead atoms. The first-order valence-corrected chi connectivity index (χ1v) is 10.9. The zero-order chi connectivity index (χ0) is 21.5. The Hall–Kier alpha value is -1.63. The molecule has 7 heteroatoms. The Morgan fingerprint density at radius 2 is 2.00 bits per heavy atom. The van der Waals surface area contributed by atoms with E-state index >= 15 is 0 Å². The summed E-state index contributed by atoms with van der Waals surface area (Å²) in [4.78, 5) is 7.84. The van der Waals surface area contributed by atoms with Gasteiger partial charge in [0.2, 0.25) is 0 Å². The molecule has 0 aromatic heterocycles. The number of rotatable bonds is 10. The van der Waals surface area contributed by atoms with Crippen LogP contribution in [0.15, 0.2) is 53.7 Å². The molecule has 0 saturated heterocycles. The maximum atomic E-state index is 10.5. The first kappa shape index (κ1) is 23.0. The molecule has 0 amide bonds. The maximum absolute atomic E-state index is 10.5. The third-order valence-corrected chi connectivity index (χ3v) is 5.33. The summed E-state index contributed by atoms with van der Waals surface area (Å²) < 4.78 is 5.57. The van der Waals surface area contributed by atoms with Crippen LogP contribution in [0.2, 0.25) is 10.0 Å². The number of benzene rings is 2. The summed E-state index contributed by atoms with van der Waals surface area (Å²) in [5, 5.41) is 16.1. The molecule has 1 N–H and O–H groups in total. The topological polar surface area (TPSA) is 54.3 Å². The lowest BCUT2D eigenvalue weighted by molar-refractivity contribution is -0.0194. The molecule has 0 fully saturated rings. The lowest BCUT2D eigenvalue weighted by atomic mass is 10.0. The van der Waals surface area contributed by atoms with E-state index in [0.29, 0.717) is 36.1 Å². The molecule has 2 atom stereocenters. The highest BCUT2D eigenvalue weighted by atomic mass is 35.5. The van der Waals surface area contributed by atoms with Gasteiger partial charge < -0.3 is 14.7 Å². The molecule has 162 valence electrons. The van der Waals surface area contributed by atoms with Crippen LogP contribution in [0.3, 0.4) is 0 Å². The first-order valence-electron chi connectivity index (χ1n) is 10.1. The summed E-state index contributed by atoms with van der Waals surface area (Å²) in [6.07, 6.45) is 0.0189. The second-order valence-corrected chi connectivity index (χ2v) is 8.65. The van der Waals surface area contributed by atoms with Crippen LogP contribution in [0.25, 0.3) is 0 Å². The number of nitrogens with zero attached hydrogens (tertiary/aromatic N) is 2. The molecule has 3 rings (SSSR count). The van der Waals surface area contributed by atoms with Crippen molar-refractivity contribution in [2.75, 3.05) is 19.7 Å². The first-order chi connectivity index (χ1) is 14.4. The summed E-state index contributed by atoms with van der Waals surface area (Å²) in [6, 6.07) is 15.4. The molecule has 30 heavy (non-hydrogen) atoms. The monoisotopic (exact) mass is 450 g/mol. The van der Waals surface area contributed by atoms with Crippen molar-refractivity contribution in [1.29, 1.82) is 0 Å². The van der Waals surface area contributed by atoms with Gasteiger partial charge in [0.15, 0.2) is 0 Å². The molecule has 2 aromatic carbocycles.